The highest BCUT2D eigenvalue weighted by molar-refractivity contribution is 5.95. The van der Waals surface area contributed by atoms with Gasteiger partial charge in [0.1, 0.15) is 0 Å². The number of benzene rings is 2. The average Bonchev–Trinajstić information content (AvgIpc) is 3.09. The second-order valence-electron chi connectivity index (χ2n) is 6.74. The molecule has 0 unspecified atom stereocenters. The summed E-state index contributed by atoms with van der Waals surface area (Å²) in [4.78, 5) is 16.7. The van der Waals surface area contributed by atoms with E-state index in [2.05, 4.69) is 39.4 Å². The van der Waals surface area contributed by atoms with Crippen LogP contribution in [0.3, 0.4) is 0 Å². The highest BCUT2D eigenvalue weighted by Crippen LogP contribution is 2.32. The molecule has 2 aromatic carbocycles. The molecular weight excluding hydrogens is 330 g/mol. The summed E-state index contributed by atoms with van der Waals surface area (Å²) in [6, 6.07) is 13.7. The molecule has 0 saturated carbocycles. The highest BCUT2D eigenvalue weighted by atomic mass is 16.7. The van der Waals surface area contributed by atoms with Gasteiger partial charge in [-0.2, -0.15) is 0 Å². The Morgan fingerprint density at radius 1 is 1.04 bits per heavy atom. The van der Waals surface area contributed by atoms with Crippen molar-refractivity contribution in [1.29, 1.82) is 0 Å². The van der Waals surface area contributed by atoms with Crippen LogP contribution in [-0.2, 0) is 0 Å². The quantitative estimate of drug-likeness (QED) is 0.863. The van der Waals surface area contributed by atoms with E-state index in [4.69, 9.17) is 9.47 Å². The molecule has 0 radical (unpaired) electrons. The third-order valence-electron chi connectivity index (χ3n) is 4.51. The van der Waals surface area contributed by atoms with E-state index in [1.807, 2.05) is 28.2 Å². The summed E-state index contributed by atoms with van der Waals surface area (Å²) in [6.45, 7) is 0.716. The van der Waals surface area contributed by atoms with Gasteiger partial charge in [-0.15, -0.1) is 0 Å². The van der Waals surface area contributed by atoms with Crippen molar-refractivity contribution in [3.63, 3.8) is 0 Å². The van der Waals surface area contributed by atoms with Gasteiger partial charge < -0.3 is 24.6 Å². The Kier molecular flexibility index (Phi) is 5.32. The SMILES string of the molecule is CN(C)c1ccc([C@@H](CNC(=O)c2ccc3c(c2)OCO3)N(C)C)cc1. The second kappa shape index (κ2) is 7.66. The molecule has 0 fully saturated rings. The molecule has 1 aliphatic rings. The van der Waals surface area contributed by atoms with Crippen molar-refractivity contribution in [2.75, 3.05) is 46.4 Å². The van der Waals surface area contributed by atoms with Crippen LogP contribution in [0.4, 0.5) is 5.69 Å². The van der Waals surface area contributed by atoms with Crippen LogP contribution in [0.25, 0.3) is 0 Å². The minimum Gasteiger partial charge on any atom is -0.454 e. The molecular formula is C20H25N3O3. The smallest absolute Gasteiger partial charge is 0.251 e. The lowest BCUT2D eigenvalue weighted by atomic mass is 10.0. The van der Waals surface area contributed by atoms with E-state index in [1.54, 1.807) is 18.2 Å². The molecule has 1 amide bonds. The van der Waals surface area contributed by atoms with Crippen molar-refractivity contribution >= 4 is 11.6 Å². The summed E-state index contributed by atoms with van der Waals surface area (Å²) >= 11 is 0. The molecule has 2 aromatic rings. The van der Waals surface area contributed by atoms with Crippen LogP contribution in [0, 0.1) is 0 Å². The van der Waals surface area contributed by atoms with Gasteiger partial charge in [0.05, 0.1) is 6.04 Å². The average molecular weight is 355 g/mol. The summed E-state index contributed by atoms with van der Waals surface area (Å²) < 4.78 is 10.6. The molecule has 0 spiro atoms. The van der Waals surface area contributed by atoms with E-state index < -0.39 is 0 Å². The van der Waals surface area contributed by atoms with Crippen LogP contribution >= 0.6 is 0 Å². The minimum absolute atomic E-state index is 0.0872. The molecule has 0 aliphatic carbocycles. The number of hydrogen-bond donors (Lipinski definition) is 1. The van der Waals surface area contributed by atoms with E-state index in [1.165, 1.54) is 0 Å². The van der Waals surface area contributed by atoms with Crippen LogP contribution < -0.4 is 19.7 Å². The van der Waals surface area contributed by atoms with Crippen LogP contribution in [0.1, 0.15) is 22.0 Å². The van der Waals surface area contributed by atoms with Crippen LogP contribution in [0.2, 0.25) is 0 Å². The standard InChI is InChI=1S/C20H25N3O3/c1-22(2)16-8-5-14(6-9-16)17(23(3)4)12-21-20(24)15-7-10-18-19(11-15)26-13-25-18/h5-11,17H,12-13H2,1-4H3,(H,21,24)/t17-/m1/s1. The number of ether oxygens (including phenoxy) is 2. The first kappa shape index (κ1) is 18.1. The number of fused-ring (bicyclic) bond motifs is 1. The zero-order valence-corrected chi connectivity index (χ0v) is 15.7. The topological polar surface area (TPSA) is 54.0 Å². The van der Waals surface area contributed by atoms with Gasteiger partial charge in [0.25, 0.3) is 5.91 Å². The van der Waals surface area contributed by atoms with Gasteiger partial charge in [-0.25, -0.2) is 0 Å². The predicted molar refractivity (Wildman–Crippen MR) is 102 cm³/mol. The zero-order chi connectivity index (χ0) is 18.7. The monoisotopic (exact) mass is 355 g/mol. The van der Waals surface area contributed by atoms with Crippen molar-refractivity contribution in [1.82, 2.24) is 10.2 Å². The number of carbonyl (C=O) groups is 1. The van der Waals surface area contributed by atoms with Crippen LogP contribution in [-0.4, -0.2) is 52.3 Å². The van der Waals surface area contributed by atoms with Crippen LogP contribution in [0.5, 0.6) is 11.5 Å². The van der Waals surface area contributed by atoms with Crippen molar-refractivity contribution in [3.8, 4) is 11.5 Å². The Labute approximate surface area is 154 Å². The van der Waals surface area contributed by atoms with Crippen LogP contribution in [0.15, 0.2) is 42.5 Å². The maximum Gasteiger partial charge on any atom is 0.251 e. The fourth-order valence-electron chi connectivity index (χ4n) is 2.92. The first-order chi connectivity index (χ1) is 12.5. The molecule has 1 heterocycles. The Bertz CT molecular complexity index is 772. The third kappa shape index (κ3) is 3.91. The molecule has 1 N–H and O–H groups in total. The van der Waals surface area contributed by atoms with Crippen molar-refractivity contribution in [2.45, 2.75) is 6.04 Å². The van der Waals surface area contributed by atoms with Gasteiger partial charge in [0.15, 0.2) is 11.5 Å². The second-order valence-corrected chi connectivity index (χ2v) is 6.74. The molecule has 6 nitrogen and oxygen atoms in total. The molecule has 26 heavy (non-hydrogen) atoms. The number of nitrogens with zero attached hydrogens (tertiary/aromatic N) is 2. The summed E-state index contributed by atoms with van der Waals surface area (Å²) in [5.74, 6) is 1.16. The summed E-state index contributed by atoms with van der Waals surface area (Å²) in [7, 11) is 8.06. The normalized spacial score (nSPS) is 13.6. The van der Waals surface area contributed by atoms with Crippen molar-refractivity contribution in [2.24, 2.45) is 0 Å². The first-order valence-electron chi connectivity index (χ1n) is 8.57. The molecule has 0 aromatic heterocycles. The number of nitrogens with one attached hydrogen (secondary N) is 1. The molecule has 1 atom stereocenters. The van der Waals surface area contributed by atoms with Gasteiger partial charge >= 0.3 is 0 Å². The third-order valence-corrected chi connectivity index (χ3v) is 4.51. The lowest BCUT2D eigenvalue weighted by Crippen LogP contribution is -2.34. The van der Waals surface area contributed by atoms with E-state index in [-0.39, 0.29) is 18.7 Å². The molecule has 138 valence electrons. The Morgan fingerprint density at radius 2 is 1.73 bits per heavy atom. The van der Waals surface area contributed by atoms with E-state index in [0.717, 1.165) is 11.3 Å². The molecule has 0 bridgehead atoms. The van der Waals surface area contributed by atoms with Gasteiger partial charge in [-0.05, 0) is 50.0 Å². The van der Waals surface area contributed by atoms with E-state index in [9.17, 15) is 4.79 Å². The largest absolute Gasteiger partial charge is 0.454 e. The lowest BCUT2D eigenvalue weighted by Gasteiger charge is -2.26. The number of hydrogen-bond acceptors (Lipinski definition) is 5. The van der Waals surface area contributed by atoms with Gasteiger partial charge in [0, 0.05) is 31.9 Å². The zero-order valence-electron chi connectivity index (χ0n) is 15.7. The van der Waals surface area contributed by atoms with Crippen molar-refractivity contribution in [3.05, 3.63) is 53.6 Å². The Morgan fingerprint density at radius 3 is 2.38 bits per heavy atom. The Balaban J connectivity index is 1.67. The number of anilines is 1. The van der Waals surface area contributed by atoms with E-state index >= 15 is 0 Å². The fourth-order valence-corrected chi connectivity index (χ4v) is 2.92. The molecule has 6 heteroatoms. The van der Waals surface area contributed by atoms with E-state index in [0.29, 0.717) is 23.6 Å². The van der Waals surface area contributed by atoms with Gasteiger partial charge in [-0.3, -0.25) is 4.79 Å². The maximum absolute atomic E-state index is 12.5. The molecule has 1 aliphatic heterocycles. The first-order valence-corrected chi connectivity index (χ1v) is 8.57. The Hall–Kier alpha value is -2.73. The minimum atomic E-state index is -0.125. The van der Waals surface area contributed by atoms with Gasteiger partial charge in [-0.1, -0.05) is 12.1 Å². The molecule has 3 rings (SSSR count). The number of carbonyl (C=O) groups excluding carboxylic acids is 1. The number of likely N-dealkylation sites (N-methyl/N-ethyl adjacent to an activating group) is 1. The predicted octanol–water partition coefficient (Wildman–Crippen LogP) is 2.51. The highest BCUT2D eigenvalue weighted by Gasteiger charge is 2.19. The summed E-state index contributed by atoms with van der Waals surface area (Å²) in [5.41, 5.74) is 2.87. The number of amides is 1. The van der Waals surface area contributed by atoms with Gasteiger partial charge in [0.2, 0.25) is 6.79 Å². The summed E-state index contributed by atoms with van der Waals surface area (Å²) in [5, 5.41) is 3.02. The fraction of sp³-hybridized carbons (Fsp3) is 0.350. The summed E-state index contributed by atoms with van der Waals surface area (Å²) in [6.07, 6.45) is 0. The maximum atomic E-state index is 12.5. The molecule has 0 saturated heterocycles. The van der Waals surface area contributed by atoms with Crippen molar-refractivity contribution < 1.29 is 14.3 Å². The number of rotatable bonds is 6. The lowest BCUT2D eigenvalue weighted by molar-refractivity contribution is 0.0941.